The molecule has 3 heterocycles. The van der Waals surface area contributed by atoms with Crippen LogP contribution >= 0.6 is 23.6 Å². The molecule has 4 aromatic rings. The number of ether oxygens (including phenoxy) is 3. The zero-order valence-corrected chi connectivity index (χ0v) is 43.7. The number of aromatic nitrogens is 1. The Morgan fingerprint density at radius 2 is 1.59 bits per heavy atom. The maximum absolute atomic E-state index is 15.4. The Balaban J connectivity index is 0.883. The first-order valence-corrected chi connectivity index (χ1v) is 25.3. The number of alkyl halides is 3. The molecule has 3 N–H and O–H groups in total. The Kier molecular flexibility index (Phi) is 18.6. The monoisotopic (exact) mass is 1070 g/mol. The van der Waals surface area contributed by atoms with Crippen molar-refractivity contribution in [2.75, 3.05) is 49.4 Å². The predicted molar refractivity (Wildman–Crippen MR) is 271 cm³/mol. The van der Waals surface area contributed by atoms with Crippen LogP contribution in [0.25, 0.3) is 10.4 Å². The molecule has 0 spiro atoms. The molecule has 15 nitrogen and oxygen atoms in total. The van der Waals surface area contributed by atoms with Crippen molar-refractivity contribution in [1.29, 1.82) is 5.26 Å². The molecule has 2 saturated heterocycles. The van der Waals surface area contributed by atoms with Crippen molar-refractivity contribution in [3.05, 3.63) is 94.1 Å². The van der Waals surface area contributed by atoms with Crippen LogP contribution in [0.1, 0.15) is 102 Å². The Morgan fingerprint density at radius 3 is 2.22 bits per heavy atom. The fraction of sp³-hybridized carbons (Fsp3) is 0.481. The number of anilines is 2. The molecular formula is C52H60F5N7O8S2. The molecule has 4 atom stereocenters. The number of aliphatic hydroxyl groups excluding tert-OH is 1. The number of carbonyl (C=O) groups is 4. The maximum Gasteiger partial charge on any atom is 0.417 e. The van der Waals surface area contributed by atoms with Gasteiger partial charge in [0.05, 0.1) is 63.4 Å². The number of thiazole rings is 1. The quantitative estimate of drug-likeness (QED) is 0.0411. The summed E-state index contributed by atoms with van der Waals surface area (Å²) in [7, 11) is 0. The fourth-order valence-corrected chi connectivity index (χ4v) is 10.0. The van der Waals surface area contributed by atoms with Gasteiger partial charge in [-0.2, -0.15) is 18.4 Å². The zero-order valence-electron chi connectivity index (χ0n) is 42.1. The molecule has 0 saturated carbocycles. The molecule has 2 fully saturated rings. The molecule has 398 valence electrons. The normalized spacial score (nSPS) is 17.6. The molecule has 0 aliphatic carbocycles. The largest absolute Gasteiger partial charge is 0.488 e. The van der Waals surface area contributed by atoms with E-state index in [-0.39, 0.29) is 55.3 Å². The summed E-state index contributed by atoms with van der Waals surface area (Å²) < 4.78 is 88.5. The second-order valence-corrected chi connectivity index (χ2v) is 20.9. The lowest BCUT2D eigenvalue weighted by Gasteiger charge is -2.35. The number of nitrogens with zero attached hydrogens (tertiary/aromatic N) is 5. The number of likely N-dealkylation sites (tertiary alicyclic amines) is 1. The number of thiocarbonyl (C=S) groups is 1. The van der Waals surface area contributed by atoms with Gasteiger partial charge >= 0.3 is 6.18 Å². The summed E-state index contributed by atoms with van der Waals surface area (Å²) in [5.74, 6) is -5.01. The van der Waals surface area contributed by atoms with Crippen LogP contribution < -0.4 is 25.2 Å². The van der Waals surface area contributed by atoms with Crippen LogP contribution in [-0.2, 0) is 34.8 Å². The van der Waals surface area contributed by atoms with Crippen molar-refractivity contribution < 1.29 is 60.4 Å². The second kappa shape index (κ2) is 24.0. The van der Waals surface area contributed by atoms with E-state index in [9.17, 15) is 42.7 Å². The molecule has 0 bridgehead atoms. The number of carbonyl (C=O) groups excluding carboxylic acids is 4. The predicted octanol–water partition coefficient (Wildman–Crippen LogP) is 8.55. The lowest BCUT2D eigenvalue weighted by Crippen LogP contribution is -2.58. The van der Waals surface area contributed by atoms with Crippen LogP contribution in [0.4, 0.5) is 33.3 Å². The van der Waals surface area contributed by atoms with E-state index < -0.39 is 87.5 Å². The van der Waals surface area contributed by atoms with Gasteiger partial charge in [0.15, 0.2) is 22.5 Å². The highest BCUT2D eigenvalue weighted by atomic mass is 32.1. The zero-order chi connectivity index (χ0) is 54.3. The van der Waals surface area contributed by atoms with Crippen molar-refractivity contribution in [3.63, 3.8) is 0 Å². The van der Waals surface area contributed by atoms with Gasteiger partial charge < -0.3 is 39.8 Å². The first kappa shape index (κ1) is 57.2. The van der Waals surface area contributed by atoms with Crippen molar-refractivity contribution in [1.82, 2.24) is 20.5 Å². The third-order valence-electron chi connectivity index (χ3n) is 12.6. The summed E-state index contributed by atoms with van der Waals surface area (Å²) in [6.45, 7) is 12.4. The molecule has 6 rings (SSSR count). The average Bonchev–Trinajstić information content (AvgIpc) is 4.00. The molecule has 1 aromatic heterocycles. The number of rotatable bonds is 21. The molecule has 74 heavy (non-hydrogen) atoms. The highest BCUT2D eigenvalue weighted by Gasteiger charge is 2.51. The SMILES string of the molecule is Cc1ncsc1-c1ccc([C@H](C)NC(=O)[C@@H]2C[C@@H](O)CN2C(=O)C(NC(=O)COCCCOCCCCCOc2c(F)cc(N3C(=S)N(c4ccc(C#N)c(C(F)(F)F)c4)C(=O)C3(C)C)cc2F)C(C)(C)C)cc1. The van der Waals surface area contributed by atoms with E-state index in [2.05, 4.69) is 15.6 Å². The van der Waals surface area contributed by atoms with Gasteiger partial charge in [-0.3, -0.25) is 24.1 Å². The van der Waals surface area contributed by atoms with Gasteiger partial charge in [0.2, 0.25) is 17.7 Å². The molecule has 22 heteroatoms. The number of nitriles is 1. The van der Waals surface area contributed by atoms with Gasteiger partial charge in [0.1, 0.15) is 24.2 Å². The Hall–Kier alpha value is -6.12. The van der Waals surface area contributed by atoms with Crippen molar-refractivity contribution in [3.8, 4) is 22.3 Å². The summed E-state index contributed by atoms with van der Waals surface area (Å²) in [6, 6.07) is 11.5. The van der Waals surface area contributed by atoms with E-state index in [4.69, 9.17) is 26.4 Å². The minimum Gasteiger partial charge on any atom is -0.488 e. The average molecular weight is 1070 g/mol. The number of β-amino-alcohol motifs (C(OH)–C–C–N with tert-alkyl or cyclic N) is 1. The van der Waals surface area contributed by atoms with Crippen molar-refractivity contribution in [2.45, 2.75) is 117 Å². The minimum absolute atomic E-state index is 0.0368. The minimum atomic E-state index is -4.90. The Bertz CT molecular complexity index is 2720. The van der Waals surface area contributed by atoms with E-state index in [1.54, 1.807) is 37.6 Å². The van der Waals surface area contributed by atoms with Gasteiger partial charge in [-0.25, -0.2) is 13.8 Å². The second-order valence-electron chi connectivity index (χ2n) is 19.7. The number of hydrogen-bond acceptors (Lipinski definition) is 12. The van der Waals surface area contributed by atoms with Crippen LogP contribution in [-0.4, -0.2) is 107 Å². The number of amides is 4. The van der Waals surface area contributed by atoms with Gasteiger partial charge in [-0.15, -0.1) is 11.3 Å². The standard InChI is InChI=1S/C52H60F5N7O8S2/c1-30(32-12-14-33(15-13-32)44-31(2)59-29-74-44)60-46(67)41-25-37(65)27-62(41)47(68)45(50(3,4)5)61-42(66)28-71-20-11-19-70-18-9-8-10-21-72-43-39(53)23-36(24-40(43)54)64-49(73)63(48(69)51(64,6)7)35-17-16-34(26-58)38(22-35)52(55,56)57/h12-17,22-24,29-30,37,41,45,65H,8-11,18-21,25,27-28H2,1-7H3,(H,60,67)(H,61,66)/t30-,37+,41-,45?/m0/s1. The number of nitrogens with one attached hydrogen (secondary N) is 2. The molecule has 2 aliphatic heterocycles. The number of hydrogen-bond donors (Lipinski definition) is 3. The van der Waals surface area contributed by atoms with Gasteiger partial charge in [-0.05, 0) is 100 Å². The smallest absolute Gasteiger partial charge is 0.417 e. The maximum atomic E-state index is 15.4. The van der Waals surface area contributed by atoms with E-state index in [0.29, 0.717) is 45.0 Å². The number of unbranched alkanes of at least 4 members (excludes halogenated alkanes) is 2. The summed E-state index contributed by atoms with van der Waals surface area (Å²) >= 11 is 7.02. The number of halogens is 5. The third-order valence-corrected chi connectivity index (χ3v) is 14.0. The van der Waals surface area contributed by atoms with Crippen LogP contribution in [0, 0.1) is 35.3 Å². The van der Waals surface area contributed by atoms with Crippen LogP contribution in [0.3, 0.4) is 0 Å². The van der Waals surface area contributed by atoms with E-state index in [0.717, 1.165) is 55.8 Å². The fourth-order valence-electron chi connectivity index (χ4n) is 8.68. The summed E-state index contributed by atoms with van der Waals surface area (Å²) in [6.07, 6.45) is -3.69. The van der Waals surface area contributed by atoms with Crippen LogP contribution in [0.5, 0.6) is 5.75 Å². The van der Waals surface area contributed by atoms with Gasteiger partial charge in [-0.1, -0.05) is 45.0 Å². The lowest BCUT2D eigenvalue weighted by atomic mass is 9.85. The highest BCUT2D eigenvalue weighted by molar-refractivity contribution is 7.81. The number of aliphatic hydroxyl groups is 1. The first-order chi connectivity index (χ1) is 34.8. The van der Waals surface area contributed by atoms with Crippen molar-refractivity contribution in [2.24, 2.45) is 5.41 Å². The van der Waals surface area contributed by atoms with E-state index >= 15 is 8.78 Å². The lowest BCUT2D eigenvalue weighted by molar-refractivity contribution is -0.144. The molecule has 4 amide bonds. The van der Waals surface area contributed by atoms with E-state index in [1.807, 2.05) is 38.1 Å². The summed E-state index contributed by atoms with van der Waals surface area (Å²) in [5.41, 5.74) is -0.0646. The topological polar surface area (TPSA) is 187 Å². The van der Waals surface area contributed by atoms with Gasteiger partial charge in [0, 0.05) is 44.9 Å². The highest BCUT2D eigenvalue weighted by Crippen LogP contribution is 2.41. The van der Waals surface area contributed by atoms with Gasteiger partial charge in [0.25, 0.3) is 5.91 Å². The Labute approximate surface area is 436 Å². The molecule has 2 aliphatic rings. The van der Waals surface area contributed by atoms with Crippen LogP contribution in [0.15, 0.2) is 60.1 Å². The van der Waals surface area contributed by atoms with Crippen molar-refractivity contribution >= 4 is 63.7 Å². The summed E-state index contributed by atoms with van der Waals surface area (Å²) in [4.78, 5) is 62.9. The van der Waals surface area contributed by atoms with Crippen LogP contribution in [0.2, 0.25) is 0 Å². The summed E-state index contributed by atoms with van der Waals surface area (Å²) in [5, 5.41) is 25.2. The number of benzene rings is 3. The number of aryl methyl sites for hydroxylation is 1. The van der Waals surface area contributed by atoms with E-state index in [1.165, 1.54) is 24.8 Å². The molecular weight excluding hydrogens is 1010 g/mol. The first-order valence-electron chi connectivity index (χ1n) is 24.0. The third kappa shape index (κ3) is 13.4. The molecule has 0 radical (unpaired) electrons. The molecule has 1 unspecified atom stereocenters. The molecule has 3 aromatic carbocycles. The Morgan fingerprint density at radius 1 is 0.946 bits per heavy atom.